The van der Waals surface area contributed by atoms with Crippen LogP contribution in [-0.2, 0) is 27.9 Å². The first kappa shape index (κ1) is 20.3. The number of carbonyl (C=O) groups is 1. The summed E-state index contributed by atoms with van der Waals surface area (Å²) in [5.41, 5.74) is 2.98. The molecule has 0 aliphatic carbocycles. The molecule has 32 heavy (non-hydrogen) atoms. The third-order valence-electron chi connectivity index (χ3n) is 5.54. The number of hydrogen-bond acceptors (Lipinski definition) is 7. The van der Waals surface area contributed by atoms with Crippen molar-refractivity contribution in [2.45, 2.75) is 23.9 Å². The van der Waals surface area contributed by atoms with E-state index < -0.39 is 15.9 Å². The second kappa shape index (κ2) is 7.81. The SMILES string of the molecule is O=C(C(CO)c1ccccc1)N1Cc2cn(S(=O)(=O)c3ccc4nccnc4c3)nc2C1. The highest BCUT2D eigenvalue weighted by molar-refractivity contribution is 7.89. The van der Waals surface area contributed by atoms with Crippen molar-refractivity contribution in [2.24, 2.45) is 0 Å². The summed E-state index contributed by atoms with van der Waals surface area (Å²) in [4.78, 5) is 22.9. The molecule has 1 N–H and O–H groups in total. The van der Waals surface area contributed by atoms with Gasteiger partial charge in [-0.05, 0) is 23.8 Å². The lowest BCUT2D eigenvalue weighted by Gasteiger charge is -2.22. The average Bonchev–Trinajstić information content (AvgIpc) is 3.40. The number of amides is 1. The van der Waals surface area contributed by atoms with Gasteiger partial charge in [-0.1, -0.05) is 30.3 Å². The number of aromatic nitrogens is 4. The second-order valence-electron chi connectivity index (χ2n) is 7.53. The van der Waals surface area contributed by atoms with Crippen molar-refractivity contribution < 1.29 is 18.3 Å². The minimum Gasteiger partial charge on any atom is -0.395 e. The molecule has 0 saturated heterocycles. The van der Waals surface area contributed by atoms with Gasteiger partial charge in [0.1, 0.15) is 0 Å². The average molecular weight is 449 g/mol. The molecule has 2 aromatic heterocycles. The summed E-state index contributed by atoms with van der Waals surface area (Å²) >= 11 is 0. The number of nitrogens with zero attached hydrogens (tertiary/aromatic N) is 5. The smallest absolute Gasteiger partial charge is 0.283 e. The fourth-order valence-corrected chi connectivity index (χ4v) is 5.04. The van der Waals surface area contributed by atoms with Crippen molar-refractivity contribution in [3.63, 3.8) is 0 Å². The van der Waals surface area contributed by atoms with Crippen LogP contribution in [0.25, 0.3) is 11.0 Å². The van der Waals surface area contributed by atoms with E-state index >= 15 is 0 Å². The van der Waals surface area contributed by atoms with Crippen LogP contribution in [0, 0.1) is 0 Å². The number of hydrogen-bond donors (Lipinski definition) is 1. The number of aliphatic hydroxyl groups is 1. The van der Waals surface area contributed by atoms with E-state index in [1.54, 1.807) is 29.3 Å². The quantitative estimate of drug-likeness (QED) is 0.492. The highest BCUT2D eigenvalue weighted by Gasteiger charge is 2.33. The predicted molar refractivity (Wildman–Crippen MR) is 115 cm³/mol. The van der Waals surface area contributed by atoms with Crippen molar-refractivity contribution in [3.05, 3.63) is 83.9 Å². The Balaban J connectivity index is 1.38. The molecule has 1 unspecified atom stereocenters. The minimum absolute atomic E-state index is 0.0593. The fraction of sp³-hybridized carbons (Fsp3) is 0.182. The first-order valence-electron chi connectivity index (χ1n) is 9.96. The molecule has 10 heteroatoms. The van der Waals surface area contributed by atoms with E-state index in [2.05, 4.69) is 15.1 Å². The molecule has 5 rings (SSSR count). The van der Waals surface area contributed by atoms with Crippen molar-refractivity contribution in [1.82, 2.24) is 24.1 Å². The lowest BCUT2D eigenvalue weighted by molar-refractivity contribution is -0.134. The van der Waals surface area contributed by atoms with Gasteiger partial charge in [0.15, 0.2) is 0 Å². The molecule has 4 aromatic rings. The molecule has 9 nitrogen and oxygen atoms in total. The zero-order chi connectivity index (χ0) is 22.3. The molecular formula is C22H19N5O4S. The molecule has 0 bridgehead atoms. The number of carbonyl (C=O) groups excluding carboxylic acids is 1. The van der Waals surface area contributed by atoms with Gasteiger partial charge in [-0.15, -0.1) is 0 Å². The molecule has 1 aliphatic rings. The number of benzene rings is 2. The van der Waals surface area contributed by atoms with Crippen molar-refractivity contribution in [1.29, 1.82) is 0 Å². The van der Waals surface area contributed by atoms with E-state index in [1.807, 2.05) is 18.2 Å². The van der Waals surface area contributed by atoms with Gasteiger partial charge in [-0.25, -0.2) is 0 Å². The van der Waals surface area contributed by atoms with Crippen LogP contribution in [-0.4, -0.2) is 50.1 Å². The molecule has 162 valence electrons. The topological polar surface area (TPSA) is 118 Å². The first-order valence-corrected chi connectivity index (χ1v) is 11.4. The molecular weight excluding hydrogens is 430 g/mol. The molecule has 0 radical (unpaired) electrons. The maximum absolute atomic E-state index is 13.1. The van der Waals surface area contributed by atoms with Crippen LogP contribution < -0.4 is 0 Å². The minimum atomic E-state index is -3.92. The Morgan fingerprint density at radius 3 is 2.50 bits per heavy atom. The Morgan fingerprint density at radius 1 is 1.03 bits per heavy atom. The Morgan fingerprint density at radius 2 is 1.78 bits per heavy atom. The van der Waals surface area contributed by atoms with Gasteiger partial charge < -0.3 is 10.0 Å². The molecule has 0 spiro atoms. The summed E-state index contributed by atoms with van der Waals surface area (Å²) in [6.07, 6.45) is 4.48. The van der Waals surface area contributed by atoms with E-state index in [0.717, 1.165) is 9.65 Å². The Hall–Kier alpha value is -3.63. The first-order chi connectivity index (χ1) is 15.5. The van der Waals surface area contributed by atoms with E-state index in [0.29, 0.717) is 22.3 Å². The lowest BCUT2D eigenvalue weighted by Crippen LogP contribution is -2.33. The van der Waals surface area contributed by atoms with Gasteiger partial charge in [-0.3, -0.25) is 14.8 Å². The van der Waals surface area contributed by atoms with Crippen molar-refractivity contribution in [3.8, 4) is 0 Å². The van der Waals surface area contributed by atoms with Crippen LogP contribution in [0.1, 0.15) is 22.7 Å². The normalized spacial score (nSPS) is 14.5. The molecule has 1 aliphatic heterocycles. The standard InChI is InChI=1S/C22H19N5O4S/c28-14-18(15-4-2-1-3-5-15)22(29)26-11-16-12-27(25-21(16)13-26)32(30,31)17-6-7-19-20(10-17)24-9-8-23-19/h1-10,12,18,28H,11,13-14H2. The van der Waals surface area contributed by atoms with Crippen LogP contribution >= 0.6 is 0 Å². The molecule has 0 fully saturated rings. The Kier molecular flexibility index (Phi) is 4.95. The molecule has 1 atom stereocenters. The van der Waals surface area contributed by atoms with Crippen molar-refractivity contribution >= 4 is 27.0 Å². The lowest BCUT2D eigenvalue weighted by atomic mass is 9.98. The molecule has 0 saturated carbocycles. The molecule has 3 heterocycles. The van der Waals surface area contributed by atoms with E-state index in [4.69, 9.17) is 0 Å². The van der Waals surface area contributed by atoms with Crippen molar-refractivity contribution in [2.75, 3.05) is 6.61 Å². The Labute approximate surface area is 184 Å². The van der Waals surface area contributed by atoms with Crippen LogP contribution in [0.15, 0.2) is 72.0 Å². The predicted octanol–water partition coefficient (Wildman–Crippen LogP) is 1.68. The van der Waals surface area contributed by atoms with Crippen LogP contribution in [0.5, 0.6) is 0 Å². The summed E-state index contributed by atoms with van der Waals surface area (Å²) < 4.78 is 27.1. The zero-order valence-corrected chi connectivity index (χ0v) is 17.7. The van der Waals surface area contributed by atoms with Crippen LogP contribution in [0.2, 0.25) is 0 Å². The van der Waals surface area contributed by atoms with Gasteiger partial charge in [0.05, 0.1) is 40.7 Å². The Bertz CT molecular complexity index is 1400. The highest BCUT2D eigenvalue weighted by Crippen LogP contribution is 2.28. The number of rotatable bonds is 5. The zero-order valence-electron chi connectivity index (χ0n) is 16.9. The summed E-state index contributed by atoms with van der Waals surface area (Å²) in [5.74, 6) is -0.894. The van der Waals surface area contributed by atoms with Gasteiger partial charge in [0, 0.05) is 30.7 Å². The van der Waals surface area contributed by atoms with Crippen LogP contribution in [0.4, 0.5) is 0 Å². The third kappa shape index (κ3) is 3.43. The molecule has 1 amide bonds. The maximum Gasteiger partial charge on any atom is 0.283 e. The van der Waals surface area contributed by atoms with E-state index in [1.165, 1.54) is 24.5 Å². The monoisotopic (exact) mass is 449 g/mol. The molecule has 2 aromatic carbocycles. The summed E-state index contributed by atoms with van der Waals surface area (Å²) in [6.45, 7) is 0.107. The van der Waals surface area contributed by atoms with Gasteiger partial charge >= 0.3 is 0 Å². The summed E-state index contributed by atoms with van der Waals surface area (Å²) in [6, 6.07) is 13.6. The maximum atomic E-state index is 13.1. The third-order valence-corrected chi connectivity index (χ3v) is 7.07. The van der Waals surface area contributed by atoms with E-state index in [-0.39, 0.29) is 30.5 Å². The van der Waals surface area contributed by atoms with Crippen LogP contribution in [0.3, 0.4) is 0 Å². The van der Waals surface area contributed by atoms with E-state index in [9.17, 15) is 18.3 Å². The highest BCUT2D eigenvalue weighted by atomic mass is 32.2. The summed E-state index contributed by atoms with van der Waals surface area (Å²) in [5, 5.41) is 14.0. The summed E-state index contributed by atoms with van der Waals surface area (Å²) in [7, 11) is -3.92. The number of fused-ring (bicyclic) bond motifs is 2. The van der Waals surface area contributed by atoms with Gasteiger partial charge in [-0.2, -0.15) is 17.6 Å². The number of aliphatic hydroxyl groups excluding tert-OH is 1. The largest absolute Gasteiger partial charge is 0.395 e. The second-order valence-corrected chi connectivity index (χ2v) is 9.32. The fourth-order valence-electron chi connectivity index (χ4n) is 3.85. The van der Waals surface area contributed by atoms with Gasteiger partial charge in [0.25, 0.3) is 10.0 Å². The van der Waals surface area contributed by atoms with Gasteiger partial charge in [0.2, 0.25) is 5.91 Å².